The van der Waals surface area contributed by atoms with Gasteiger partial charge < -0.3 is 5.48 Å². The predicted molar refractivity (Wildman–Crippen MR) is 64.2 cm³/mol. The predicted octanol–water partition coefficient (Wildman–Crippen LogP) is 1.13. The van der Waals surface area contributed by atoms with E-state index in [2.05, 4.69) is 23.6 Å². The van der Waals surface area contributed by atoms with E-state index < -0.39 is 0 Å². The van der Waals surface area contributed by atoms with Gasteiger partial charge in [-0.3, -0.25) is 9.80 Å². The zero-order valence-electron chi connectivity index (χ0n) is 10.2. The van der Waals surface area contributed by atoms with E-state index in [0.29, 0.717) is 0 Å². The molecule has 2 fully saturated rings. The van der Waals surface area contributed by atoms with Gasteiger partial charge in [0.05, 0.1) is 0 Å². The Labute approximate surface area is 93.7 Å². The lowest BCUT2D eigenvalue weighted by Crippen LogP contribution is -2.46. The Morgan fingerprint density at radius 2 is 0.933 bits per heavy atom. The first-order valence-corrected chi connectivity index (χ1v) is 6.27. The van der Waals surface area contributed by atoms with Gasteiger partial charge in [0.1, 0.15) is 0 Å². The highest BCUT2D eigenvalue weighted by Crippen LogP contribution is 2.20. The standard InChI is InChI=1S/C12H24N2.H2O/c1-11(13-7-3-4-8-13)12(2)14-9-5-6-10-14;/h11-12H,3-10H2,1-2H3;1H2. The van der Waals surface area contributed by atoms with Crippen LogP contribution < -0.4 is 0 Å². The van der Waals surface area contributed by atoms with Crippen LogP contribution in [0.15, 0.2) is 0 Å². The van der Waals surface area contributed by atoms with Crippen LogP contribution in [0, 0.1) is 0 Å². The van der Waals surface area contributed by atoms with Crippen LogP contribution in [-0.2, 0) is 0 Å². The molecule has 0 saturated carbocycles. The van der Waals surface area contributed by atoms with Crippen molar-refractivity contribution < 1.29 is 5.48 Å². The van der Waals surface area contributed by atoms with Crippen LogP contribution in [0.25, 0.3) is 0 Å². The zero-order valence-corrected chi connectivity index (χ0v) is 10.2. The Kier molecular flexibility index (Phi) is 5.03. The largest absolute Gasteiger partial charge is 0.412 e. The molecule has 0 aromatic rings. The molecule has 0 amide bonds. The van der Waals surface area contributed by atoms with Crippen molar-refractivity contribution in [3.05, 3.63) is 0 Å². The van der Waals surface area contributed by atoms with Crippen LogP contribution in [0.5, 0.6) is 0 Å². The second-order valence-electron chi connectivity index (χ2n) is 4.97. The van der Waals surface area contributed by atoms with Gasteiger partial charge in [-0.1, -0.05) is 0 Å². The Hall–Kier alpha value is -0.120. The van der Waals surface area contributed by atoms with Crippen LogP contribution >= 0.6 is 0 Å². The van der Waals surface area contributed by atoms with Gasteiger partial charge in [-0.25, -0.2) is 0 Å². The fourth-order valence-electron chi connectivity index (χ4n) is 2.91. The molecule has 90 valence electrons. The molecule has 2 unspecified atom stereocenters. The monoisotopic (exact) mass is 214 g/mol. The van der Waals surface area contributed by atoms with Gasteiger partial charge in [0.25, 0.3) is 0 Å². The summed E-state index contributed by atoms with van der Waals surface area (Å²) in [5, 5.41) is 0. The number of hydrogen-bond donors (Lipinski definition) is 0. The maximum absolute atomic E-state index is 2.67. The highest BCUT2D eigenvalue weighted by molar-refractivity contribution is 4.84. The van der Waals surface area contributed by atoms with E-state index in [1.54, 1.807) is 0 Å². The average molecular weight is 214 g/mol. The van der Waals surface area contributed by atoms with Crippen molar-refractivity contribution in [1.82, 2.24) is 9.80 Å². The molecule has 2 rings (SSSR count). The molecule has 3 nitrogen and oxygen atoms in total. The van der Waals surface area contributed by atoms with E-state index in [1.807, 2.05) is 0 Å². The zero-order chi connectivity index (χ0) is 9.97. The first-order valence-electron chi connectivity index (χ1n) is 6.27. The summed E-state index contributed by atoms with van der Waals surface area (Å²) in [7, 11) is 0. The molecule has 0 aromatic heterocycles. The third kappa shape index (κ3) is 2.92. The minimum absolute atomic E-state index is 0. The average Bonchev–Trinajstić information content (AvgIpc) is 2.87. The Morgan fingerprint density at radius 3 is 1.20 bits per heavy atom. The van der Waals surface area contributed by atoms with E-state index in [0.717, 1.165) is 12.1 Å². The smallest absolute Gasteiger partial charge is 0.0220 e. The fraction of sp³-hybridized carbons (Fsp3) is 1.00. The van der Waals surface area contributed by atoms with Gasteiger partial charge in [0, 0.05) is 12.1 Å². The van der Waals surface area contributed by atoms with Crippen LogP contribution in [0.4, 0.5) is 0 Å². The molecule has 2 atom stereocenters. The fourth-order valence-corrected chi connectivity index (χ4v) is 2.91. The molecule has 0 radical (unpaired) electrons. The summed E-state index contributed by atoms with van der Waals surface area (Å²) in [6.45, 7) is 10.2. The second-order valence-corrected chi connectivity index (χ2v) is 4.97. The minimum atomic E-state index is 0. The summed E-state index contributed by atoms with van der Waals surface area (Å²) in [5.41, 5.74) is 0. The van der Waals surface area contributed by atoms with E-state index >= 15 is 0 Å². The van der Waals surface area contributed by atoms with Crippen LogP contribution in [0.2, 0.25) is 0 Å². The molecular weight excluding hydrogens is 188 g/mol. The summed E-state index contributed by atoms with van der Waals surface area (Å²) in [6, 6.07) is 1.52. The molecule has 2 N–H and O–H groups in total. The van der Waals surface area contributed by atoms with E-state index in [1.165, 1.54) is 51.9 Å². The molecule has 0 aliphatic carbocycles. The van der Waals surface area contributed by atoms with Gasteiger partial charge >= 0.3 is 0 Å². The maximum Gasteiger partial charge on any atom is 0.0220 e. The SMILES string of the molecule is CC(C(C)N1CCCC1)N1CCCC1.O. The van der Waals surface area contributed by atoms with Crippen molar-refractivity contribution in [2.24, 2.45) is 0 Å². The molecule has 2 aliphatic heterocycles. The number of likely N-dealkylation sites (tertiary alicyclic amines) is 2. The Bertz CT molecular complexity index is 154. The van der Waals surface area contributed by atoms with Crippen molar-refractivity contribution in [1.29, 1.82) is 0 Å². The first kappa shape index (κ1) is 12.9. The van der Waals surface area contributed by atoms with Gasteiger partial charge in [-0.05, 0) is 65.7 Å². The first-order chi connectivity index (χ1) is 6.79. The van der Waals surface area contributed by atoms with Crippen molar-refractivity contribution in [3.8, 4) is 0 Å². The highest BCUT2D eigenvalue weighted by Gasteiger charge is 2.27. The van der Waals surface area contributed by atoms with Gasteiger partial charge in [0.2, 0.25) is 0 Å². The molecule has 3 heteroatoms. The summed E-state index contributed by atoms with van der Waals surface area (Å²) in [4.78, 5) is 5.34. The van der Waals surface area contributed by atoms with Crippen molar-refractivity contribution in [2.75, 3.05) is 26.2 Å². The third-order valence-corrected chi connectivity index (χ3v) is 4.13. The van der Waals surface area contributed by atoms with Crippen LogP contribution in [0.3, 0.4) is 0 Å². The summed E-state index contributed by atoms with van der Waals surface area (Å²) in [5.74, 6) is 0. The van der Waals surface area contributed by atoms with Crippen molar-refractivity contribution >= 4 is 0 Å². The highest BCUT2D eigenvalue weighted by atomic mass is 16.0. The number of nitrogens with zero attached hydrogens (tertiary/aromatic N) is 2. The molecule has 0 bridgehead atoms. The van der Waals surface area contributed by atoms with Crippen molar-refractivity contribution in [2.45, 2.75) is 51.6 Å². The molecule has 0 aromatic carbocycles. The third-order valence-electron chi connectivity index (χ3n) is 4.13. The van der Waals surface area contributed by atoms with E-state index in [-0.39, 0.29) is 5.48 Å². The molecular formula is C12H26N2O. The topological polar surface area (TPSA) is 38.0 Å². The van der Waals surface area contributed by atoms with E-state index in [4.69, 9.17) is 0 Å². The lowest BCUT2D eigenvalue weighted by atomic mass is 10.1. The van der Waals surface area contributed by atoms with E-state index in [9.17, 15) is 0 Å². The molecule has 2 heterocycles. The summed E-state index contributed by atoms with van der Waals surface area (Å²) < 4.78 is 0. The number of hydrogen-bond acceptors (Lipinski definition) is 2. The molecule has 2 aliphatic rings. The second kappa shape index (κ2) is 5.83. The van der Waals surface area contributed by atoms with Crippen molar-refractivity contribution in [3.63, 3.8) is 0 Å². The summed E-state index contributed by atoms with van der Waals surface area (Å²) >= 11 is 0. The lowest BCUT2D eigenvalue weighted by Gasteiger charge is -2.35. The minimum Gasteiger partial charge on any atom is -0.412 e. The van der Waals surface area contributed by atoms with Gasteiger partial charge in [-0.2, -0.15) is 0 Å². The van der Waals surface area contributed by atoms with Gasteiger partial charge in [-0.15, -0.1) is 0 Å². The quantitative estimate of drug-likeness (QED) is 0.706. The van der Waals surface area contributed by atoms with Crippen LogP contribution in [-0.4, -0.2) is 53.5 Å². The Morgan fingerprint density at radius 1 is 0.667 bits per heavy atom. The van der Waals surface area contributed by atoms with Crippen LogP contribution in [0.1, 0.15) is 39.5 Å². The Balaban J connectivity index is 0.00000112. The lowest BCUT2D eigenvalue weighted by molar-refractivity contribution is 0.132. The molecule has 0 spiro atoms. The summed E-state index contributed by atoms with van der Waals surface area (Å²) in [6.07, 6.45) is 5.66. The van der Waals surface area contributed by atoms with Gasteiger partial charge in [0.15, 0.2) is 0 Å². The maximum atomic E-state index is 2.67. The number of rotatable bonds is 3. The molecule has 15 heavy (non-hydrogen) atoms. The molecule has 2 saturated heterocycles. The normalized spacial score (nSPS) is 27.6.